The number of halogens is 2. The summed E-state index contributed by atoms with van der Waals surface area (Å²) in [5, 5.41) is 13.2. The molecule has 0 atom stereocenters. The van der Waals surface area contributed by atoms with Gasteiger partial charge in [0.05, 0.1) is 6.61 Å². The fourth-order valence-corrected chi connectivity index (χ4v) is 5.89. The minimum atomic E-state index is -3.88. The van der Waals surface area contributed by atoms with Gasteiger partial charge >= 0.3 is 5.97 Å². The highest BCUT2D eigenvalue weighted by Crippen LogP contribution is 2.40. The van der Waals surface area contributed by atoms with E-state index < -0.39 is 27.4 Å². The number of hydrogen-bond acceptors (Lipinski definition) is 5. The van der Waals surface area contributed by atoms with Crippen LogP contribution in [0.25, 0.3) is 22.4 Å². The second-order valence-electron chi connectivity index (χ2n) is 9.27. The Hall–Kier alpha value is -3.11. The third kappa shape index (κ3) is 5.99. The summed E-state index contributed by atoms with van der Waals surface area (Å²) in [6, 6.07) is 11.8. The molecule has 0 unspecified atom stereocenters. The Labute approximate surface area is 208 Å². The van der Waals surface area contributed by atoms with Crippen LogP contribution < -0.4 is 0 Å². The molecule has 0 bridgehead atoms. The Morgan fingerprint density at radius 1 is 1.08 bits per heavy atom. The van der Waals surface area contributed by atoms with Crippen LogP contribution >= 0.6 is 0 Å². The van der Waals surface area contributed by atoms with Gasteiger partial charge < -0.3 is 9.84 Å². The van der Waals surface area contributed by atoms with E-state index in [1.54, 1.807) is 30.3 Å². The van der Waals surface area contributed by atoms with Crippen LogP contribution in [-0.2, 0) is 25.9 Å². The SMILES string of the molecule is CS(=O)(=O)c1c(-c2cc(F)ccc2F)c(-c2ccccc2)nn1C[C@H]1CC[C@H](COCC(=O)O)CC1. The van der Waals surface area contributed by atoms with Gasteiger partial charge in [-0.25, -0.2) is 22.0 Å². The first-order valence-electron chi connectivity index (χ1n) is 11.7. The van der Waals surface area contributed by atoms with Crippen LogP contribution in [0.3, 0.4) is 0 Å². The first-order valence-corrected chi connectivity index (χ1v) is 13.6. The van der Waals surface area contributed by atoms with Crippen molar-refractivity contribution in [1.29, 1.82) is 0 Å². The van der Waals surface area contributed by atoms with Crippen molar-refractivity contribution >= 4 is 15.8 Å². The van der Waals surface area contributed by atoms with Crippen LogP contribution in [0.15, 0.2) is 53.6 Å². The predicted octanol–water partition coefficient (Wildman–Crippen LogP) is 4.81. The van der Waals surface area contributed by atoms with E-state index in [0.717, 1.165) is 50.1 Å². The molecular weight excluding hydrogens is 490 g/mol. The quantitative estimate of drug-likeness (QED) is 0.437. The number of aliphatic carboxylic acids is 1. The van der Waals surface area contributed by atoms with Crippen LogP contribution in [0.5, 0.6) is 0 Å². The summed E-state index contributed by atoms with van der Waals surface area (Å²) in [6.45, 7) is 0.352. The summed E-state index contributed by atoms with van der Waals surface area (Å²) in [7, 11) is -3.88. The predicted molar refractivity (Wildman–Crippen MR) is 130 cm³/mol. The van der Waals surface area contributed by atoms with E-state index in [9.17, 15) is 22.0 Å². The molecule has 1 saturated carbocycles. The van der Waals surface area contributed by atoms with Gasteiger partial charge in [0.25, 0.3) is 0 Å². The molecule has 0 saturated heterocycles. The molecule has 192 valence electrons. The molecule has 3 aromatic rings. The Bertz CT molecular complexity index is 1330. The van der Waals surface area contributed by atoms with Crippen LogP contribution in [0.4, 0.5) is 8.78 Å². The van der Waals surface area contributed by atoms with Crippen LogP contribution in [0, 0.1) is 23.5 Å². The van der Waals surface area contributed by atoms with E-state index in [2.05, 4.69) is 5.10 Å². The maximum atomic E-state index is 14.9. The fourth-order valence-electron chi connectivity index (χ4n) is 4.82. The zero-order valence-electron chi connectivity index (χ0n) is 19.9. The van der Waals surface area contributed by atoms with Crippen molar-refractivity contribution < 1.29 is 31.8 Å². The van der Waals surface area contributed by atoms with Gasteiger partial charge in [-0.1, -0.05) is 30.3 Å². The molecular formula is C26H28F2N2O5S. The lowest BCUT2D eigenvalue weighted by atomic mass is 9.82. The van der Waals surface area contributed by atoms with E-state index in [1.165, 1.54) is 4.68 Å². The van der Waals surface area contributed by atoms with Crippen LogP contribution in [0.2, 0.25) is 0 Å². The van der Waals surface area contributed by atoms with E-state index in [4.69, 9.17) is 9.84 Å². The topological polar surface area (TPSA) is 98.5 Å². The molecule has 0 amide bonds. The molecule has 1 aromatic heterocycles. The van der Waals surface area contributed by atoms with E-state index in [-0.39, 0.29) is 40.3 Å². The zero-order chi connectivity index (χ0) is 25.9. The molecule has 0 aliphatic heterocycles. The summed E-state index contributed by atoms with van der Waals surface area (Å²) < 4.78 is 61.8. The number of sulfone groups is 1. The lowest BCUT2D eigenvalue weighted by molar-refractivity contribution is -0.142. The summed E-state index contributed by atoms with van der Waals surface area (Å²) in [5.74, 6) is -2.06. The molecule has 1 aliphatic carbocycles. The molecule has 1 aliphatic rings. The minimum Gasteiger partial charge on any atom is -0.480 e. The molecule has 4 rings (SSSR count). The number of ether oxygens (including phenoxy) is 1. The summed E-state index contributed by atoms with van der Waals surface area (Å²) >= 11 is 0. The molecule has 1 heterocycles. The number of carbonyl (C=O) groups is 1. The molecule has 10 heteroatoms. The Balaban J connectivity index is 1.70. The lowest BCUT2D eigenvalue weighted by Gasteiger charge is -2.28. The molecule has 0 spiro atoms. The van der Waals surface area contributed by atoms with Gasteiger partial charge in [0.1, 0.15) is 23.9 Å². The summed E-state index contributed by atoms with van der Waals surface area (Å²) in [4.78, 5) is 10.7. The van der Waals surface area contributed by atoms with Crippen molar-refractivity contribution in [2.75, 3.05) is 19.5 Å². The van der Waals surface area contributed by atoms with Gasteiger partial charge in [0.2, 0.25) is 0 Å². The van der Waals surface area contributed by atoms with Crippen molar-refractivity contribution in [1.82, 2.24) is 9.78 Å². The highest BCUT2D eigenvalue weighted by Gasteiger charge is 2.31. The Morgan fingerprint density at radius 3 is 2.39 bits per heavy atom. The van der Waals surface area contributed by atoms with E-state index >= 15 is 0 Å². The van der Waals surface area contributed by atoms with Crippen molar-refractivity contribution in [2.45, 2.75) is 37.3 Å². The maximum Gasteiger partial charge on any atom is 0.329 e. The van der Waals surface area contributed by atoms with Crippen molar-refractivity contribution in [3.63, 3.8) is 0 Å². The van der Waals surface area contributed by atoms with E-state index in [1.807, 2.05) is 0 Å². The summed E-state index contributed by atoms with van der Waals surface area (Å²) in [6.07, 6.45) is 4.25. The van der Waals surface area contributed by atoms with Gasteiger partial charge in [-0.3, -0.25) is 4.68 Å². The normalized spacial score (nSPS) is 18.3. The highest BCUT2D eigenvalue weighted by molar-refractivity contribution is 7.90. The first-order chi connectivity index (χ1) is 17.1. The van der Waals surface area contributed by atoms with Crippen LogP contribution in [-0.4, -0.2) is 48.7 Å². The smallest absolute Gasteiger partial charge is 0.329 e. The number of rotatable bonds is 9. The van der Waals surface area contributed by atoms with Gasteiger partial charge in [-0.05, 0) is 55.7 Å². The second kappa shape index (κ2) is 10.9. The first kappa shape index (κ1) is 26.0. The maximum absolute atomic E-state index is 14.9. The number of carboxylic acid groups (broad SMARTS) is 1. The van der Waals surface area contributed by atoms with Gasteiger partial charge in [0, 0.05) is 29.5 Å². The zero-order valence-corrected chi connectivity index (χ0v) is 20.7. The standard InChI is InChI=1S/C26H28F2N2O5S/c1-36(33,34)26-24(21-13-20(27)11-12-22(21)28)25(19-5-3-2-4-6-19)29-30(26)14-17-7-9-18(10-8-17)15-35-16-23(31)32/h2-6,11-13,17-18H,7-10,14-16H2,1H3,(H,31,32)/t17-,18-. The molecule has 36 heavy (non-hydrogen) atoms. The molecule has 1 N–H and O–H groups in total. The number of carboxylic acids is 1. The fraction of sp³-hybridized carbons (Fsp3) is 0.385. The van der Waals surface area contributed by atoms with Gasteiger partial charge in [-0.15, -0.1) is 0 Å². The van der Waals surface area contributed by atoms with Crippen molar-refractivity contribution in [2.24, 2.45) is 11.8 Å². The van der Waals surface area contributed by atoms with E-state index in [0.29, 0.717) is 18.7 Å². The van der Waals surface area contributed by atoms with Gasteiger partial charge in [0.15, 0.2) is 14.9 Å². The molecule has 2 aromatic carbocycles. The average molecular weight is 519 g/mol. The highest BCUT2D eigenvalue weighted by atomic mass is 32.2. The van der Waals surface area contributed by atoms with Crippen molar-refractivity contribution in [3.8, 4) is 22.4 Å². The van der Waals surface area contributed by atoms with Crippen LogP contribution in [0.1, 0.15) is 25.7 Å². The third-order valence-corrected chi connectivity index (χ3v) is 7.60. The average Bonchev–Trinajstić information content (AvgIpc) is 3.21. The lowest BCUT2D eigenvalue weighted by Crippen LogP contribution is -2.24. The summed E-state index contributed by atoms with van der Waals surface area (Å²) in [5.41, 5.74) is 0.770. The Morgan fingerprint density at radius 2 is 1.75 bits per heavy atom. The minimum absolute atomic E-state index is 0.0523. The number of benzene rings is 2. The monoisotopic (exact) mass is 518 g/mol. The number of nitrogens with zero attached hydrogens (tertiary/aromatic N) is 2. The Kier molecular flexibility index (Phi) is 7.85. The molecule has 0 radical (unpaired) electrons. The molecule has 1 fully saturated rings. The third-order valence-electron chi connectivity index (χ3n) is 6.48. The van der Waals surface area contributed by atoms with Gasteiger partial charge in [-0.2, -0.15) is 5.10 Å². The number of aromatic nitrogens is 2. The molecule has 7 nitrogen and oxygen atoms in total. The van der Waals surface area contributed by atoms with Crippen molar-refractivity contribution in [3.05, 3.63) is 60.2 Å². The second-order valence-corrected chi connectivity index (χ2v) is 11.2. The number of hydrogen-bond donors (Lipinski definition) is 1. The largest absolute Gasteiger partial charge is 0.480 e.